The van der Waals surface area contributed by atoms with Gasteiger partial charge in [0.15, 0.2) is 0 Å². The average molecular weight is 342 g/mol. The van der Waals surface area contributed by atoms with Gasteiger partial charge in [-0.3, -0.25) is 0 Å². The smallest absolute Gasteiger partial charge is 0.132 e. The normalized spacial score (nSPS) is 12.2. The molecule has 2 rings (SSSR count). The van der Waals surface area contributed by atoms with Gasteiger partial charge in [-0.1, -0.05) is 28.1 Å². The molecule has 0 radical (unpaired) electrons. The van der Waals surface area contributed by atoms with E-state index in [1.54, 1.807) is 19.2 Å². The number of ether oxygens (including phenoxy) is 1. The van der Waals surface area contributed by atoms with Gasteiger partial charge < -0.3 is 10.5 Å². The molecule has 2 N–H and O–H groups in total. The highest BCUT2D eigenvalue weighted by atomic mass is 79.9. The van der Waals surface area contributed by atoms with Crippen molar-refractivity contribution in [3.05, 3.63) is 63.6 Å². The quantitative estimate of drug-likeness (QED) is 0.912. The molecule has 0 aliphatic heterocycles. The van der Waals surface area contributed by atoms with Crippen LogP contribution >= 0.6 is 15.9 Å². The maximum atomic E-state index is 13.8. The first-order valence-electron chi connectivity index (χ1n) is 6.04. The van der Waals surface area contributed by atoms with Gasteiger partial charge in [0.05, 0.1) is 7.11 Å². The minimum Gasteiger partial charge on any atom is -0.497 e. The monoisotopic (exact) mass is 341 g/mol. The highest BCUT2D eigenvalue weighted by Crippen LogP contribution is 2.26. The lowest BCUT2D eigenvalue weighted by Crippen LogP contribution is -2.17. The Morgan fingerprint density at radius 1 is 1.20 bits per heavy atom. The maximum absolute atomic E-state index is 13.8. The van der Waals surface area contributed by atoms with Gasteiger partial charge in [-0.05, 0) is 36.2 Å². The van der Waals surface area contributed by atoms with Gasteiger partial charge in [-0.2, -0.15) is 0 Å². The Balaban J connectivity index is 2.26. The van der Waals surface area contributed by atoms with Gasteiger partial charge in [0.1, 0.15) is 17.4 Å². The molecular formula is C15H14BrF2NO. The molecule has 1 atom stereocenters. The van der Waals surface area contributed by atoms with E-state index in [0.29, 0.717) is 16.6 Å². The lowest BCUT2D eigenvalue weighted by Gasteiger charge is -2.15. The van der Waals surface area contributed by atoms with Crippen LogP contribution in [0.3, 0.4) is 0 Å². The summed E-state index contributed by atoms with van der Waals surface area (Å²) in [5, 5.41) is 0. The summed E-state index contributed by atoms with van der Waals surface area (Å²) in [5.41, 5.74) is 6.69. The van der Waals surface area contributed by atoms with Gasteiger partial charge in [0.25, 0.3) is 0 Å². The van der Waals surface area contributed by atoms with Crippen molar-refractivity contribution in [1.82, 2.24) is 0 Å². The standard InChI is InChI=1S/C15H14BrF2NO/c1-20-11-4-2-3-9(5-11)6-14(19)15-12(17)7-10(16)8-13(15)18/h2-5,7-8,14H,6,19H2,1H3. The summed E-state index contributed by atoms with van der Waals surface area (Å²) in [7, 11) is 1.56. The summed E-state index contributed by atoms with van der Waals surface area (Å²) in [6.07, 6.45) is 0.326. The minimum absolute atomic E-state index is 0.101. The molecule has 106 valence electrons. The van der Waals surface area contributed by atoms with E-state index in [4.69, 9.17) is 10.5 Å². The molecule has 0 saturated carbocycles. The zero-order valence-electron chi connectivity index (χ0n) is 10.9. The fourth-order valence-electron chi connectivity index (χ4n) is 2.06. The average Bonchev–Trinajstić information content (AvgIpc) is 2.37. The summed E-state index contributed by atoms with van der Waals surface area (Å²) in [5.74, 6) is -0.606. The predicted molar refractivity (Wildman–Crippen MR) is 77.7 cm³/mol. The number of hydrogen-bond acceptors (Lipinski definition) is 2. The van der Waals surface area contributed by atoms with Gasteiger partial charge in [-0.15, -0.1) is 0 Å². The molecule has 2 nitrogen and oxygen atoms in total. The van der Waals surface area contributed by atoms with Gasteiger partial charge in [0.2, 0.25) is 0 Å². The highest BCUT2D eigenvalue weighted by molar-refractivity contribution is 9.10. The van der Waals surface area contributed by atoms with Gasteiger partial charge in [0, 0.05) is 16.1 Å². The van der Waals surface area contributed by atoms with Crippen LogP contribution in [0.4, 0.5) is 8.78 Å². The van der Waals surface area contributed by atoms with E-state index in [2.05, 4.69) is 15.9 Å². The summed E-state index contributed by atoms with van der Waals surface area (Å²) >= 11 is 3.04. The van der Waals surface area contributed by atoms with E-state index in [9.17, 15) is 8.78 Å². The van der Waals surface area contributed by atoms with Crippen LogP contribution < -0.4 is 10.5 Å². The Labute approximate surface area is 124 Å². The summed E-state index contributed by atoms with van der Waals surface area (Å²) < 4.78 is 33.1. The van der Waals surface area contributed by atoms with Crippen LogP contribution in [0.15, 0.2) is 40.9 Å². The Kier molecular flexibility index (Phi) is 4.73. The maximum Gasteiger partial charge on any atom is 0.132 e. The molecule has 0 aliphatic rings. The lowest BCUT2D eigenvalue weighted by molar-refractivity contribution is 0.414. The number of benzene rings is 2. The van der Waals surface area contributed by atoms with Gasteiger partial charge >= 0.3 is 0 Å². The fourth-order valence-corrected chi connectivity index (χ4v) is 2.46. The second-order valence-corrected chi connectivity index (χ2v) is 5.36. The van der Waals surface area contributed by atoms with Crippen LogP contribution in [0.1, 0.15) is 17.2 Å². The van der Waals surface area contributed by atoms with Crippen molar-refractivity contribution in [2.24, 2.45) is 5.73 Å². The van der Waals surface area contributed by atoms with Crippen molar-refractivity contribution >= 4 is 15.9 Å². The molecule has 5 heteroatoms. The van der Waals surface area contributed by atoms with Crippen molar-refractivity contribution < 1.29 is 13.5 Å². The van der Waals surface area contributed by atoms with Crippen LogP contribution in [0.5, 0.6) is 5.75 Å². The zero-order chi connectivity index (χ0) is 14.7. The largest absolute Gasteiger partial charge is 0.497 e. The molecule has 0 saturated heterocycles. The third-order valence-corrected chi connectivity index (χ3v) is 3.46. The molecule has 20 heavy (non-hydrogen) atoms. The summed E-state index contributed by atoms with van der Waals surface area (Å²) in [4.78, 5) is 0. The Bertz CT molecular complexity index is 596. The molecule has 0 spiro atoms. The van der Waals surface area contributed by atoms with Crippen LogP contribution in [0.2, 0.25) is 0 Å². The predicted octanol–water partition coefficient (Wildman–Crippen LogP) is 3.98. The van der Waals surface area contributed by atoms with Crippen molar-refractivity contribution in [2.75, 3.05) is 7.11 Å². The van der Waals surface area contributed by atoms with Crippen molar-refractivity contribution in [2.45, 2.75) is 12.5 Å². The molecule has 0 aromatic heterocycles. The van der Waals surface area contributed by atoms with E-state index in [1.165, 1.54) is 12.1 Å². The number of hydrogen-bond donors (Lipinski definition) is 1. The Morgan fingerprint density at radius 3 is 2.45 bits per heavy atom. The highest BCUT2D eigenvalue weighted by Gasteiger charge is 2.18. The topological polar surface area (TPSA) is 35.2 Å². The number of rotatable bonds is 4. The first-order chi connectivity index (χ1) is 9.51. The van der Waals surface area contributed by atoms with E-state index in [-0.39, 0.29) is 5.56 Å². The molecule has 0 bridgehead atoms. The van der Waals surface area contributed by atoms with Crippen molar-refractivity contribution in [1.29, 1.82) is 0 Å². The molecule has 0 fully saturated rings. The number of halogens is 3. The van der Waals surface area contributed by atoms with Crippen LogP contribution in [-0.2, 0) is 6.42 Å². The lowest BCUT2D eigenvalue weighted by atomic mass is 9.98. The molecule has 1 unspecified atom stereocenters. The number of nitrogens with two attached hydrogens (primary N) is 1. The van der Waals surface area contributed by atoms with E-state index in [0.717, 1.165) is 5.56 Å². The zero-order valence-corrected chi connectivity index (χ0v) is 12.5. The van der Waals surface area contributed by atoms with E-state index >= 15 is 0 Å². The molecule has 0 heterocycles. The fraction of sp³-hybridized carbons (Fsp3) is 0.200. The number of methoxy groups -OCH3 is 1. The third kappa shape index (κ3) is 3.35. The summed E-state index contributed by atoms with van der Waals surface area (Å²) in [6, 6.07) is 8.93. The SMILES string of the molecule is COc1cccc(CC(N)c2c(F)cc(Br)cc2F)c1. The molecule has 0 aliphatic carbocycles. The third-order valence-electron chi connectivity index (χ3n) is 3.00. The first-order valence-corrected chi connectivity index (χ1v) is 6.83. The van der Waals surface area contributed by atoms with E-state index < -0.39 is 17.7 Å². The van der Waals surface area contributed by atoms with Crippen LogP contribution in [0.25, 0.3) is 0 Å². The van der Waals surface area contributed by atoms with Crippen molar-refractivity contribution in [3.8, 4) is 5.75 Å². The Morgan fingerprint density at radius 2 is 1.85 bits per heavy atom. The second-order valence-electron chi connectivity index (χ2n) is 4.45. The molecular weight excluding hydrogens is 328 g/mol. The first kappa shape index (κ1) is 14.9. The van der Waals surface area contributed by atoms with Crippen LogP contribution in [0, 0.1) is 11.6 Å². The molecule has 0 amide bonds. The minimum atomic E-state index is -0.754. The van der Waals surface area contributed by atoms with Crippen LogP contribution in [-0.4, -0.2) is 7.11 Å². The van der Waals surface area contributed by atoms with Gasteiger partial charge in [-0.25, -0.2) is 8.78 Å². The summed E-state index contributed by atoms with van der Waals surface area (Å²) in [6.45, 7) is 0. The molecule has 2 aromatic carbocycles. The van der Waals surface area contributed by atoms with E-state index in [1.807, 2.05) is 12.1 Å². The van der Waals surface area contributed by atoms with Crippen molar-refractivity contribution in [3.63, 3.8) is 0 Å². The second kappa shape index (κ2) is 6.33. The Hall–Kier alpha value is -1.46. The molecule has 2 aromatic rings.